The highest BCUT2D eigenvalue weighted by molar-refractivity contribution is 5.95. The largest absolute Gasteiger partial charge is 0.417 e. The first-order chi connectivity index (χ1) is 14.2. The maximum Gasteiger partial charge on any atom is 0.417 e. The zero-order valence-corrected chi connectivity index (χ0v) is 17.0. The number of hydrogen-bond donors (Lipinski definition) is 1. The molecule has 0 bridgehead atoms. The second kappa shape index (κ2) is 8.90. The number of rotatable bonds is 5. The zero-order valence-electron chi connectivity index (χ0n) is 17.0. The molecular formula is C23H25F3N2O2. The molecule has 2 aromatic rings. The topological polar surface area (TPSA) is 49.4 Å². The standard InChI is InChI=1S/C23H25F3N2O2/c1-3-27-21(29)17-12-13-18(14-17)28(2)22(30)16-10-8-15(9-11-16)19-6-4-5-7-20(19)23(24,25)26/h4-11,17-18H,3,12-14H2,1-2H3,(H,27,29)/t17-,18+/m0/s1. The number of benzene rings is 2. The van der Waals surface area contributed by atoms with Crippen LogP contribution < -0.4 is 5.32 Å². The summed E-state index contributed by atoms with van der Waals surface area (Å²) in [6.07, 6.45) is -2.35. The van der Waals surface area contributed by atoms with E-state index in [-0.39, 0.29) is 29.3 Å². The monoisotopic (exact) mass is 418 g/mol. The lowest BCUT2D eigenvalue weighted by molar-refractivity contribution is -0.137. The van der Waals surface area contributed by atoms with Gasteiger partial charge in [-0.15, -0.1) is 0 Å². The van der Waals surface area contributed by atoms with Gasteiger partial charge >= 0.3 is 6.18 Å². The number of hydrogen-bond acceptors (Lipinski definition) is 2. The molecule has 3 rings (SSSR count). The van der Waals surface area contributed by atoms with Crippen LogP contribution in [0, 0.1) is 5.92 Å². The summed E-state index contributed by atoms with van der Waals surface area (Å²) >= 11 is 0. The summed E-state index contributed by atoms with van der Waals surface area (Å²) in [7, 11) is 1.71. The predicted octanol–water partition coefficient (Wildman–Crippen LogP) is 4.75. The van der Waals surface area contributed by atoms with Crippen LogP contribution in [0.2, 0.25) is 0 Å². The molecule has 1 aliphatic carbocycles. The number of alkyl halides is 3. The minimum Gasteiger partial charge on any atom is -0.356 e. The molecule has 0 aromatic heterocycles. The molecule has 30 heavy (non-hydrogen) atoms. The Morgan fingerprint density at radius 3 is 2.37 bits per heavy atom. The molecule has 4 nitrogen and oxygen atoms in total. The van der Waals surface area contributed by atoms with Crippen molar-refractivity contribution >= 4 is 11.8 Å². The molecule has 0 unspecified atom stereocenters. The lowest BCUT2D eigenvalue weighted by Crippen LogP contribution is -2.36. The van der Waals surface area contributed by atoms with E-state index in [0.717, 1.165) is 18.9 Å². The molecule has 160 valence electrons. The lowest BCUT2D eigenvalue weighted by atomic mass is 9.98. The average molecular weight is 418 g/mol. The van der Waals surface area contributed by atoms with Crippen molar-refractivity contribution in [1.82, 2.24) is 10.2 Å². The number of carbonyl (C=O) groups is 2. The highest BCUT2D eigenvalue weighted by Crippen LogP contribution is 2.37. The second-order valence-corrected chi connectivity index (χ2v) is 7.60. The van der Waals surface area contributed by atoms with Crippen molar-refractivity contribution in [1.29, 1.82) is 0 Å². The smallest absolute Gasteiger partial charge is 0.356 e. The Hall–Kier alpha value is -2.83. The third-order valence-electron chi connectivity index (χ3n) is 5.67. The van der Waals surface area contributed by atoms with Gasteiger partial charge in [-0.1, -0.05) is 30.3 Å². The molecule has 0 saturated heterocycles. The van der Waals surface area contributed by atoms with Gasteiger partial charge in [0.15, 0.2) is 0 Å². The van der Waals surface area contributed by atoms with Crippen molar-refractivity contribution in [3.8, 4) is 11.1 Å². The number of halogens is 3. The highest BCUT2D eigenvalue weighted by atomic mass is 19.4. The molecule has 7 heteroatoms. The Kier molecular flexibility index (Phi) is 6.48. The second-order valence-electron chi connectivity index (χ2n) is 7.60. The minimum atomic E-state index is -4.45. The van der Waals surface area contributed by atoms with Crippen molar-refractivity contribution in [3.05, 3.63) is 59.7 Å². The summed E-state index contributed by atoms with van der Waals surface area (Å²) in [6.45, 7) is 2.45. The van der Waals surface area contributed by atoms with Gasteiger partial charge in [-0.3, -0.25) is 9.59 Å². The number of nitrogens with zero attached hydrogens (tertiary/aromatic N) is 1. The van der Waals surface area contributed by atoms with E-state index in [1.165, 1.54) is 24.3 Å². The first-order valence-corrected chi connectivity index (χ1v) is 10.0. The molecule has 0 radical (unpaired) electrons. The van der Waals surface area contributed by atoms with Crippen LogP contribution in [-0.2, 0) is 11.0 Å². The molecule has 1 fully saturated rings. The van der Waals surface area contributed by atoms with Gasteiger partial charge in [0.1, 0.15) is 0 Å². The highest BCUT2D eigenvalue weighted by Gasteiger charge is 2.34. The fraction of sp³-hybridized carbons (Fsp3) is 0.391. The van der Waals surface area contributed by atoms with Crippen molar-refractivity contribution in [2.45, 2.75) is 38.4 Å². The van der Waals surface area contributed by atoms with Crippen LogP contribution >= 0.6 is 0 Å². The maximum absolute atomic E-state index is 13.3. The number of nitrogens with one attached hydrogen (secondary N) is 1. The van der Waals surface area contributed by atoms with Crippen molar-refractivity contribution in [3.63, 3.8) is 0 Å². The van der Waals surface area contributed by atoms with E-state index < -0.39 is 11.7 Å². The maximum atomic E-state index is 13.3. The van der Waals surface area contributed by atoms with E-state index in [9.17, 15) is 22.8 Å². The molecule has 1 N–H and O–H groups in total. The van der Waals surface area contributed by atoms with Crippen LogP contribution in [0.15, 0.2) is 48.5 Å². The molecule has 0 aliphatic heterocycles. The lowest BCUT2D eigenvalue weighted by Gasteiger charge is -2.25. The Morgan fingerprint density at radius 2 is 1.73 bits per heavy atom. The van der Waals surface area contributed by atoms with E-state index in [1.54, 1.807) is 30.1 Å². The summed E-state index contributed by atoms with van der Waals surface area (Å²) in [5.74, 6) is -0.271. The third kappa shape index (κ3) is 4.66. The van der Waals surface area contributed by atoms with Crippen LogP contribution in [0.1, 0.15) is 42.1 Å². The van der Waals surface area contributed by atoms with E-state index >= 15 is 0 Å². The van der Waals surface area contributed by atoms with Crippen LogP contribution in [0.5, 0.6) is 0 Å². The molecule has 1 saturated carbocycles. The Balaban J connectivity index is 1.73. The summed E-state index contributed by atoms with van der Waals surface area (Å²) in [5, 5.41) is 2.82. The van der Waals surface area contributed by atoms with E-state index in [4.69, 9.17) is 0 Å². The van der Waals surface area contributed by atoms with Crippen LogP contribution in [0.4, 0.5) is 13.2 Å². The zero-order chi connectivity index (χ0) is 21.9. The molecule has 2 aromatic carbocycles. The van der Waals surface area contributed by atoms with Crippen LogP contribution in [-0.4, -0.2) is 36.3 Å². The van der Waals surface area contributed by atoms with Gasteiger partial charge in [0.2, 0.25) is 5.91 Å². The third-order valence-corrected chi connectivity index (χ3v) is 5.67. The van der Waals surface area contributed by atoms with Gasteiger partial charge in [-0.25, -0.2) is 0 Å². The van der Waals surface area contributed by atoms with E-state index in [1.807, 2.05) is 6.92 Å². The summed E-state index contributed by atoms with van der Waals surface area (Å²) in [5.41, 5.74) is 0.188. The first kappa shape index (κ1) is 21.9. The summed E-state index contributed by atoms with van der Waals surface area (Å²) in [4.78, 5) is 26.5. The fourth-order valence-corrected chi connectivity index (χ4v) is 4.01. The Bertz CT molecular complexity index is 909. The number of amides is 2. The normalized spacial score (nSPS) is 18.8. The Labute approximate surface area is 174 Å². The van der Waals surface area contributed by atoms with Gasteiger partial charge in [0.25, 0.3) is 5.91 Å². The fourth-order valence-electron chi connectivity index (χ4n) is 4.01. The average Bonchev–Trinajstić information content (AvgIpc) is 3.23. The van der Waals surface area contributed by atoms with Gasteiger partial charge < -0.3 is 10.2 Å². The summed E-state index contributed by atoms with van der Waals surface area (Å²) < 4.78 is 39.8. The van der Waals surface area contributed by atoms with Gasteiger partial charge in [-0.05, 0) is 55.5 Å². The molecule has 2 amide bonds. The van der Waals surface area contributed by atoms with Crippen molar-refractivity contribution in [2.24, 2.45) is 5.92 Å². The number of carbonyl (C=O) groups excluding carboxylic acids is 2. The quantitative estimate of drug-likeness (QED) is 0.762. The van der Waals surface area contributed by atoms with Crippen LogP contribution in [0.3, 0.4) is 0 Å². The van der Waals surface area contributed by atoms with Gasteiger partial charge in [0.05, 0.1) is 5.56 Å². The SMILES string of the molecule is CCNC(=O)[C@H]1CC[C@@H](N(C)C(=O)c2ccc(-c3ccccc3C(F)(F)F)cc2)C1. The molecule has 1 aliphatic rings. The van der Waals surface area contributed by atoms with Crippen molar-refractivity contribution < 1.29 is 22.8 Å². The van der Waals surface area contributed by atoms with Crippen LogP contribution in [0.25, 0.3) is 11.1 Å². The van der Waals surface area contributed by atoms with E-state index in [0.29, 0.717) is 24.1 Å². The molecular weight excluding hydrogens is 393 g/mol. The first-order valence-electron chi connectivity index (χ1n) is 10.0. The van der Waals surface area contributed by atoms with Gasteiger partial charge in [-0.2, -0.15) is 13.2 Å². The van der Waals surface area contributed by atoms with E-state index in [2.05, 4.69) is 5.32 Å². The predicted molar refractivity (Wildman–Crippen MR) is 109 cm³/mol. The summed E-state index contributed by atoms with van der Waals surface area (Å²) in [6, 6.07) is 11.5. The molecule has 2 atom stereocenters. The molecule has 0 spiro atoms. The van der Waals surface area contributed by atoms with Gasteiger partial charge in [0, 0.05) is 31.1 Å². The van der Waals surface area contributed by atoms with Crippen molar-refractivity contribution in [2.75, 3.05) is 13.6 Å². The minimum absolute atomic E-state index is 0.0218. The Morgan fingerprint density at radius 1 is 1.07 bits per heavy atom. The molecule has 0 heterocycles.